The molecule has 0 unspecified atom stereocenters. The lowest BCUT2D eigenvalue weighted by atomic mass is 10.1. The van der Waals surface area contributed by atoms with Crippen LogP contribution in [-0.2, 0) is 26.0 Å². The fourth-order valence-electron chi connectivity index (χ4n) is 4.19. The van der Waals surface area contributed by atoms with Gasteiger partial charge in [-0.15, -0.1) is 0 Å². The lowest BCUT2D eigenvalue weighted by Gasteiger charge is -2.32. The molecule has 0 saturated carbocycles. The highest BCUT2D eigenvalue weighted by atomic mass is 32.2. The van der Waals surface area contributed by atoms with Gasteiger partial charge in [0.25, 0.3) is 10.0 Å². The van der Waals surface area contributed by atoms with Crippen LogP contribution < -0.4 is 19.1 Å². The Kier molecular flexibility index (Phi) is 11.0. The van der Waals surface area contributed by atoms with Crippen molar-refractivity contribution in [2.75, 3.05) is 38.2 Å². The minimum atomic E-state index is -4.22. The number of sulfonamides is 1. The zero-order valence-corrected chi connectivity index (χ0v) is 24.2. The van der Waals surface area contributed by atoms with Gasteiger partial charge in [0, 0.05) is 13.1 Å². The summed E-state index contributed by atoms with van der Waals surface area (Å²) in [6.07, 6.45) is 1.25. The van der Waals surface area contributed by atoms with E-state index < -0.39 is 28.5 Å². The van der Waals surface area contributed by atoms with Crippen molar-refractivity contribution in [2.24, 2.45) is 0 Å². The number of methoxy groups -OCH3 is 2. The van der Waals surface area contributed by atoms with Crippen LogP contribution in [-0.4, -0.2) is 65.0 Å². The zero-order valence-electron chi connectivity index (χ0n) is 23.4. The van der Waals surface area contributed by atoms with E-state index in [9.17, 15) is 18.0 Å². The first-order chi connectivity index (χ1) is 19.2. The number of rotatable bonds is 14. The Morgan fingerprint density at radius 1 is 0.900 bits per heavy atom. The van der Waals surface area contributed by atoms with Gasteiger partial charge < -0.3 is 19.7 Å². The van der Waals surface area contributed by atoms with E-state index in [1.165, 1.54) is 31.3 Å². The highest BCUT2D eigenvalue weighted by Crippen LogP contribution is 2.33. The number of anilines is 1. The standard InChI is InChI=1S/C30H37N3O6S/c1-5-20-31-30(35)23(2)32(21-19-24-11-7-6-8-12-24)29(34)22-33(27-13-9-10-14-28(27)39-4)40(36,37)26-17-15-25(38-3)16-18-26/h6-18,23H,5,19-22H2,1-4H3,(H,31,35)/t23-/m1/s1. The van der Waals surface area contributed by atoms with E-state index in [2.05, 4.69) is 5.32 Å². The number of ether oxygens (including phenoxy) is 2. The maximum Gasteiger partial charge on any atom is 0.264 e. The Balaban J connectivity index is 2.00. The molecule has 1 atom stereocenters. The second-order valence-electron chi connectivity index (χ2n) is 9.15. The van der Waals surface area contributed by atoms with Crippen LogP contribution in [0.4, 0.5) is 5.69 Å². The Morgan fingerprint density at radius 2 is 1.55 bits per heavy atom. The van der Waals surface area contributed by atoms with E-state index >= 15 is 0 Å². The lowest BCUT2D eigenvalue weighted by Crippen LogP contribution is -2.52. The summed E-state index contributed by atoms with van der Waals surface area (Å²) in [5, 5.41) is 2.84. The fraction of sp³-hybridized carbons (Fsp3) is 0.333. The first kappa shape index (κ1) is 30.5. The zero-order chi connectivity index (χ0) is 29.1. The van der Waals surface area contributed by atoms with E-state index in [1.54, 1.807) is 43.3 Å². The molecular weight excluding hydrogens is 530 g/mol. The Bertz CT molecular complexity index is 1360. The molecule has 3 aromatic rings. The van der Waals surface area contributed by atoms with Crippen molar-refractivity contribution in [1.29, 1.82) is 0 Å². The van der Waals surface area contributed by atoms with Gasteiger partial charge in [-0.1, -0.05) is 49.4 Å². The molecule has 40 heavy (non-hydrogen) atoms. The van der Waals surface area contributed by atoms with Gasteiger partial charge in [-0.2, -0.15) is 0 Å². The molecule has 0 bridgehead atoms. The highest BCUT2D eigenvalue weighted by molar-refractivity contribution is 7.92. The Morgan fingerprint density at radius 3 is 2.17 bits per heavy atom. The number of hydrogen-bond donors (Lipinski definition) is 1. The van der Waals surface area contributed by atoms with Crippen molar-refractivity contribution in [1.82, 2.24) is 10.2 Å². The number of nitrogens with zero attached hydrogens (tertiary/aromatic N) is 2. The topological polar surface area (TPSA) is 105 Å². The van der Waals surface area contributed by atoms with Gasteiger partial charge in [-0.05, 0) is 61.7 Å². The van der Waals surface area contributed by atoms with Gasteiger partial charge in [-0.25, -0.2) is 8.42 Å². The van der Waals surface area contributed by atoms with Crippen molar-refractivity contribution in [3.8, 4) is 11.5 Å². The molecule has 0 radical (unpaired) electrons. The molecule has 0 aliphatic carbocycles. The summed E-state index contributed by atoms with van der Waals surface area (Å²) in [6.45, 7) is 3.77. The summed E-state index contributed by atoms with van der Waals surface area (Å²) < 4.78 is 39.6. The van der Waals surface area contributed by atoms with Gasteiger partial charge >= 0.3 is 0 Å². The monoisotopic (exact) mass is 567 g/mol. The molecule has 214 valence electrons. The average molecular weight is 568 g/mol. The number of carbonyl (C=O) groups excluding carboxylic acids is 2. The van der Waals surface area contributed by atoms with E-state index in [1.807, 2.05) is 37.3 Å². The molecule has 0 fully saturated rings. The molecule has 0 aliphatic heterocycles. The molecular formula is C30H37N3O6S. The number of benzene rings is 3. The molecule has 0 spiro atoms. The first-order valence-corrected chi connectivity index (χ1v) is 14.6. The highest BCUT2D eigenvalue weighted by Gasteiger charge is 2.33. The average Bonchev–Trinajstić information content (AvgIpc) is 2.99. The summed E-state index contributed by atoms with van der Waals surface area (Å²) in [4.78, 5) is 28.3. The smallest absolute Gasteiger partial charge is 0.264 e. The fourth-order valence-corrected chi connectivity index (χ4v) is 5.61. The second-order valence-corrected chi connectivity index (χ2v) is 11.0. The minimum absolute atomic E-state index is 0.0171. The molecule has 0 aliphatic rings. The molecule has 0 aromatic heterocycles. The third kappa shape index (κ3) is 7.53. The van der Waals surface area contributed by atoms with Crippen LogP contribution in [0, 0.1) is 0 Å². The van der Waals surface area contributed by atoms with Crippen molar-refractivity contribution in [2.45, 2.75) is 37.6 Å². The van der Waals surface area contributed by atoms with Gasteiger partial charge in [0.15, 0.2) is 0 Å². The van der Waals surface area contributed by atoms with Crippen LogP contribution in [0.15, 0.2) is 83.8 Å². The summed E-state index contributed by atoms with van der Waals surface area (Å²) in [7, 11) is -1.29. The molecule has 3 rings (SSSR count). The number of hydrogen-bond acceptors (Lipinski definition) is 6. The maximum absolute atomic E-state index is 14.0. The second kappa shape index (κ2) is 14.4. The van der Waals surface area contributed by atoms with Crippen LogP contribution in [0.3, 0.4) is 0 Å². The molecule has 2 amide bonds. The summed E-state index contributed by atoms with van der Waals surface area (Å²) >= 11 is 0. The first-order valence-electron chi connectivity index (χ1n) is 13.1. The normalized spacial score (nSPS) is 11.8. The van der Waals surface area contributed by atoms with E-state index in [0.717, 1.165) is 16.3 Å². The van der Waals surface area contributed by atoms with Crippen molar-refractivity contribution < 1.29 is 27.5 Å². The van der Waals surface area contributed by atoms with Crippen molar-refractivity contribution in [3.63, 3.8) is 0 Å². The van der Waals surface area contributed by atoms with Crippen molar-refractivity contribution >= 4 is 27.5 Å². The van der Waals surface area contributed by atoms with Crippen LogP contribution >= 0.6 is 0 Å². The number of para-hydroxylation sites is 2. The van der Waals surface area contributed by atoms with E-state index in [-0.39, 0.29) is 28.8 Å². The van der Waals surface area contributed by atoms with Crippen molar-refractivity contribution in [3.05, 3.63) is 84.4 Å². The van der Waals surface area contributed by atoms with Crippen LogP contribution in [0.1, 0.15) is 25.8 Å². The largest absolute Gasteiger partial charge is 0.497 e. The number of amides is 2. The molecule has 10 heteroatoms. The third-order valence-electron chi connectivity index (χ3n) is 6.48. The lowest BCUT2D eigenvalue weighted by molar-refractivity contribution is -0.138. The molecule has 1 N–H and O–H groups in total. The molecule has 3 aromatic carbocycles. The Labute approximate surface area is 236 Å². The SMILES string of the molecule is CCCNC(=O)[C@@H](C)N(CCc1ccccc1)C(=O)CN(c1ccccc1OC)S(=O)(=O)c1ccc(OC)cc1. The predicted octanol–water partition coefficient (Wildman–Crippen LogP) is 3.89. The molecule has 0 heterocycles. The van der Waals surface area contributed by atoms with Gasteiger partial charge in [0.05, 0.1) is 24.8 Å². The number of carbonyl (C=O) groups is 2. The summed E-state index contributed by atoms with van der Waals surface area (Å²) in [5.41, 5.74) is 1.20. The van der Waals surface area contributed by atoms with Crippen LogP contribution in [0.2, 0.25) is 0 Å². The number of nitrogens with one attached hydrogen (secondary N) is 1. The minimum Gasteiger partial charge on any atom is -0.497 e. The predicted molar refractivity (Wildman–Crippen MR) is 155 cm³/mol. The van der Waals surface area contributed by atoms with E-state index in [4.69, 9.17) is 9.47 Å². The summed E-state index contributed by atoms with van der Waals surface area (Å²) in [5.74, 6) is -0.0296. The Hall–Kier alpha value is -4.05. The van der Waals surface area contributed by atoms with Crippen LogP contribution in [0.25, 0.3) is 0 Å². The molecule has 0 saturated heterocycles. The van der Waals surface area contributed by atoms with Crippen LogP contribution in [0.5, 0.6) is 11.5 Å². The van der Waals surface area contributed by atoms with E-state index in [0.29, 0.717) is 18.7 Å². The maximum atomic E-state index is 14.0. The molecule has 9 nitrogen and oxygen atoms in total. The quantitative estimate of drug-likeness (QED) is 0.317. The summed E-state index contributed by atoms with van der Waals surface area (Å²) in [6, 6.07) is 21.3. The van der Waals surface area contributed by atoms with Gasteiger partial charge in [0.2, 0.25) is 11.8 Å². The third-order valence-corrected chi connectivity index (χ3v) is 8.25. The van der Waals surface area contributed by atoms with Gasteiger partial charge in [-0.3, -0.25) is 13.9 Å². The van der Waals surface area contributed by atoms with Gasteiger partial charge in [0.1, 0.15) is 24.1 Å².